The smallest absolute Gasteiger partial charge is 0.203 e. The Balaban J connectivity index is 2.17. The average molecular weight is 254 g/mol. The second kappa shape index (κ2) is 6.19. The summed E-state index contributed by atoms with van der Waals surface area (Å²) in [7, 11) is 0. The van der Waals surface area contributed by atoms with Crippen molar-refractivity contribution in [1.82, 2.24) is 0 Å². The molecule has 0 radical (unpaired) electrons. The maximum absolute atomic E-state index is 12.4. The minimum atomic E-state index is -0.427. The summed E-state index contributed by atoms with van der Waals surface area (Å²) in [6, 6.07) is 17.1. The number of hydrogen-bond donors (Lipinski definition) is 0. The number of Topliss-reactive ketones (excluding diaryl/α,β-unsaturated/α-hetero) is 1. The van der Waals surface area contributed by atoms with Crippen LogP contribution in [0.1, 0.15) is 29.3 Å². The number of rotatable bonds is 5. The largest absolute Gasteiger partial charge is 0.482 e. The van der Waals surface area contributed by atoms with Crippen molar-refractivity contribution in [3.63, 3.8) is 0 Å². The summed E-state index contributed by atoms with van der Waals surface area (Å²) in [6.07, 6.45) is 0.228. The fourth-order valence-electron chi connectivity index (χ4n) is 1.95. The maximum Gasteiger partial charge on any atom is 0.203 e. The van der Waals surface area contributed by atoms with Gasteiger partial charge in [0.15, 0.2) is 6.10 Å². The van der Waals surface area contributed by atoms with Crippen LogP contribution in [-0.2, 0) is 0 Å². The van der Waals surface area contributed by atoms with E-state index in [1.807, 2.05) is 68.4 Å². The number of para-hydroxylation sites is 1. The molecule has 0 aromatic heterocycles. The molecule has 2 heteroatoms. The Hall–Kier alpha value is -2.09. The molecule has 2 aromatic rings. The summed E-state index contributed by atoms with van der Waals surface area (Å²) in [5, 5.41) is 0. The van der Waals surface area contributed by atoms with Crippen molar-refractivity contribution in [3.8, 4) is 5.75 Å². The topological polar surface area (TPSA) is 26.3 Å². The average Bonchev–Trinajstić information content (AvgIpc) is 2.47. The zero-order valence-corrected chi connectivity index (χ0v) is 11.3. The molecular weight excluding hydrogens is 236 g/mol. The van der Waals surface area contributed by atoms with Crippen LogP contribution in [0.5, 0.6) is 5.75 Å². The molecule has 1 unspecified atom stereocenters. The molecule has 0 saturated carbocycles. The molecule has 0 N–H and O–H groups in total. The lowest BCUT2D eigenvalue weighted by Crippen LogP contribution is -2.26. The lowest BCUT2D eigenvalue weighted by Gasteiger charge is -2.17. The first-order chi connectivity index (χ1) is 9.22. The molecule has 0 aliphatic carbocycles. The van der Waals surface area contributed by atoms with Gasteiger partial charge < -0.3 is 4.74 Å². The molecule has 1 atom stereocenters. The fraction of sp³-hybridized carbons (Fsp3) is 0.235. The summed E-state index contributed by atoms with van der Waals surface area (Å²) >= 11 is 0. The molecule has 98 valence electrons. The van der Waals surface area contributed by atoms with E-state index in [4.69, 9.17) is 4.74 Å². The van der Waals surface area contributed by atoms with Crippen molar-refractivity contribution in [3.05, 3.63) is 65.7 Å². The van der Waals surface area contributed by atoms with E-state index < -0.39 is 6.10 Å². The van der Waals surface area contributed by atoms with Crippen LogP contribution in [0.15, 0.2) is 54.6 Å². The van der Waals surface area contributed by atoms with Crippen LogP contribution >= 0.6 is 0 Å². The van der Waals surface area contributed by atoms with Crippen LogP contribution in [-0.4, -0.2) is 11.9 Å². The molecule has 0 aliphatic rings. The lowest BCUT2D eigenvalue weighted by molar-refractivity contribution is 0.0785. The SMILES string of the molecule is CCC(Oc1ccccc1C)C(=O)c1ccccc1. The number of ether oxygens (including phenoxy) is 1. The predicted molar refractivity (Wildman–Crippen MR) is 76.7 cm³/mol. The third kappa shape index (κ3) is 3.22. The first-order valence-corrected chi connectivity index (χ1v) is 6.54. The zero-order valence-electron chi connectivity index (χ0n) is 11.3. The van der Waals surface area contributed by atoms with Crippen molar-refractivity contribution in [1.29, 1.82) is 0 Å². The molecule has 0 heterocycles. The van der Waals surface area contributed by atoms with Gasteiger partial charge in [-0.15, -0.1) is 0 Å². The Morgan fingerprint density at radius 1 is 1.05 bits per heavy atom. The van der Waals surface area contributed by atoms with Gasteiger partial charge in [-0.25, -0.2) is 0 Å². The van der Waals surface area contributed by atoms with Gasteiger partial charge in [-0.2, -0.15) is 0 Å². The molecule has 19 heavy (non-hydrogen) atoms. The molecule has 0 saturated heterocycles. The van der Waals surface area contributed by atoms with E-state index in [1.54, 1.807) is 0 Å². The van der Waals surface area contributed by atoms with Crippen LogP contribution in [0.2, 0.25) is 0 Å². The monoisotopic (exact) mass is 254 g/mol. The Morgan fingerprint density at radius 3 is 2.32 bits per heavy atom. The van der Waals surface area contributed by atoms with Crippen molar-refractivity contribution < 1.29 is 9.53 Å². The zero-order chi connectivity index (χ0) is 13.7. The summed E-state index contributed by atoms with van der Waals surface area (Å²) in [6.45, 7) is 3.94. The van der Waals surface area contributed by atoms with Crippen molar-refractivity contribution in [2.24, 2.45) is 0 Å². The summed E-state index contributed by atoms with van der Waals surface area (Å²) in [5.41, 5.74) is 1.74. The minimum Gasteiger partial charge on any atom is -0.482 e. The Kier molecular flexibility index (Phi) is 4.35. The Bertz CT molecular complexity index is 546. The van der Waals surface area contributed by atoms with E-state index in [0.717, 1.165) is 11.3 Å². The third-order valence-electron chi connectivity index (χ3n) is 3.08. The lowest BCUT2D eigenvalue weighted by atomic mass is 10.0. The van der Waals surface area contributed by atoms with E-state index >= 15 is 0 Å². The quantitative estimate of drug-likeness (QED) is 0.753. The second-order valence-corrected chi connectivity index (χ2v) is 4.51. The standard InChI is InChI=1S/C17H18O2/c1-3-15(17(18)14-10-5-4-6-11-14)19-16-12-8-7-9-13(16)2/h4-12,15H,3H2,1-2H3. The fourth-order valence-corrected chi connectivity index (χ4v) is 1.95. The summed E-state index contributed by atoms with van der Waals surface area (Å²) in [5.74, 6) is 0.810. The van der Waals surface area contributed by atoms with Crippen molar-refractivity contribution in [2.75, 3.05) is 0 Å². The van der Waals surface area contributed by atoms with Gasteiger partial charge in [0.1, 0.15) is 5.75 Å². The summed E-state index contributed by atoms with van der Waals surface area (Å²) in [4.78, 5) is 12.4. The van der Waals surface area contributed by atoms with Gasteiger partial charge in [-0.1, -0.05) is 55.5 Å². The first kappa shape index (κ1) is 13.3. The van der Waals surface area contributed by atoms with Crippen LogP contribution in [0.3, 0.4) is 0 Å². The highest BCUT2D eigenvalue weighted by Crippen LogP contribution is 2.20. The van der Waals surface area contributed by atoms with E-state index in [2.05, 4.69) is 0 Å². The molecule has 0 fully saturated rings. The van der Waals surface area contributed by atoms with E-state index in [0.29, 0.717) is 12.0 Å². The summed E-state index contributed by atoms with van der Waals surface area (Å²) < 4.78 is 5.86. The van der Waals surface area contributed by atoms with Crippen LogP contribution in [0, 0.1) is 6.92 Å². The third-order valence-corrected chi connectivity index (χ3v) is 3.08. The van der Waals surface area contributed by atoms with Crippen LogP contribution in [0.25, 0.3) is 0 Å². The number of aryl methyl sites for hydroxylation is 1. The van der Waals surface area contributed by atoms with E-state index in [1.165, 1.54) is 0 Å². The molecule has 0 spiro atoms. The molecule has 2 aromatic carbocycles. The molecule has 0 bridgehead atoms. The first-order valence-electron chi connectivity index (χ1n) is 6.54. The van der Waals surface area contributed by atoms with E-state index in [-0.39, 0.29) is 5.78 Å². The minimum absolute atomic E-state index is 0.0337. The van der Waals surface area contributed by atoms with Gasteiger partial charge in [0.25, 0.3) is 0 Å². The highest BCUT2D eigenvalue weighted by molar-refractivity contribution is 5.99. The van der Waals surface area contributed by atoms with Gasteiger partial charge in [0, 0.05) is 5.56 Å². The van der Waals surface area contributed by atoms with Gasteiger partial charge in [-0.3, -0.25) is 4.79 Å². The highest BCUT2D eigenvalue weighted by Gasteiger charge is 2.20. The van der Waals surface area contributed by atoms with Gasteiger partial charge in [0.2, 0.25) is 5.78 Å². The Morgan fingerprint density at radius 2 is 1.68 bits per heavy atom. The number of hydrogen-bond acceptors (Lipinski definition) is 2. The molecule has 0 aliphatic heterocycles. The van der Waals surface area contributed by atoms with Crippen molar-refractivity contribution in [2.45, 2.75) is 26.4 Å². The normalized spacial score (nSPS) is 11.9. The number of carbonyl (C=O) groups is 1. The molecular formula is C17H18O2. The van der Waals surface area contributed by atoms with Crippen LogP contribution in [0.4, 0.5) is 0 Å². The van der Waals surface area contributed by atoms with E-state index in [9.17, 15) is 4.79 Å². The maximum atomic E-state index is 12.4. The Labute approximate surface area is 114 Å². The molecule has 2 rings (SSSR count). The second-order valence-electron chi connectivity index (χ2n) is 4.51. The number of benzene rings is 2. The molecule has 2 nitrogen and oxygen atoms in total. The van der Waals surface area contributed by atoms with Crippen LogP contribution < -0.4 is 4.74 Å². The van der Waals surface area contributed by atoms with Crippen molar-refractivity contribution >= 4 is 5.78 Å². The highest BCUT2D eigenvalue weighted by atomic mass is 16.5. The predicted octanol–water partition coefficient (Wildman–Crippen LogP) is 4.04. The number of carbonyl (C=O) groups excluding carboxylic acids is 1. The van der Waals surface area contributed by atoms with Gasteiger partial charge >= 0.3 is 0 Å². The molecule has 0 amide bonds. The number of ketones is 1. The van der Waals surface area contributed by atoms with Gasteiger partial charge in [0.05, 0.1) is 0 Å². The van der Waals surface area contributed by atoms with Gasteiger partial charge in [-0.05, 0) is 25.0 Å².